The van der Waals surface area contributed by atoms with Crippen LogP contribution in [0.15, 0.2) is 45.8 Å². The molecular formula is C16H16N2O5. The fourth-order valence-electron chi connectivity index (χ4n) is 1.89. The van der Waals surface area contributed by atoms with E-state index in [-0.39, 0.29) is 23.7 Å². The van der Waals surface area contributed by atoms with Crippen molar-refractivity contribution in [2.75, 3.05) is 17.2 Å². The molecule has 0 unspecified atom stereocenters. The van der Waals surface area contributed by atoms with Crippen molar-refractivity contribution in [3.8, 4) is 5.75 Å². The molecule has 120 valence electrons. The van der Waals surface area contributed by atoms with Gasteiger partial charge in [0, 0.05) is 24.4 Å². The Morgan fingerprint density at radius 3 is 2.52 bits per heavy atom. The topological polar surface area (TPSA) is 97.6 Å². The Hall–Kier alpha value is -3.09. The normalized spacial score (nSPS) is 10.0. The first-order valence-corrected chi connectivity index (χ1v) is 6.84. The molecule has 0 radical (unpaired) electrons. The molecule has 2 amide bonds. The fourth-order valence-corrected chi connectivity index (χ4v) is 1.89. The van der Waals surface area contributed by atoms with Gasteiger partial charge in [-0.3, -0.25) is 14.4 Å². The summed E-state index contributed by atoms with van der Waals surface area (Å²) < 4.78 is 10.3. The summed E-state index contributed by atoms with van der Waals surface area (Å²) in [5.74, 6) is -0.330. The molecule has 0 saturated heterocycles. The summed E-state index contributed by atoms with van der Waals surface area (Å²) in [5, 5.41) is 5.23. The summed E-state index contributed by atoms with van der Waals surface area (Å²) >= 11 is 0. The molecule has 0 saturated carbocycles. The molecule has 7 nitrogen and oxygen atoms in total. The van der Waals surface area contributed by atoms with Crippen molar-refractivity contribution in [1.29, 1.82) is 0 Å². The van der Waals surface area contributed by atoms with Crippen LogP contribution in [0.3, 0.4) is 0 Å². The van der Waals surface area contributed by atoms with Gasteiger partial charge in [-0.15, -0.1) is 0 Å². The summed E-state index contributed by atoms with van der Waals surface area (Å²) in [6, 6.07) is 7.90. The second kappa shape index (κ2) is 7.26. The Bertz CT molecular complexity index is 782. The van der Waals surface area contributed by atoms with E-state index in [0.717, 1.165) is 0 Å². The number of ether oxygens (including phenoxy) is 1. The number of anilines is 2. The Morgan fingerprint density at radius 2 is 1.87 bits per heavy atom. The van der Waals surface area contributed by atoms with Crippen LogP contribution < -0.4 is 20.8 Å². The van der Waals surface area contributed by atoms with Crippen LogP contribution in [0.2, 0.25) is 0 Å². The monoisotopic (exact) mass is 316 g/mol. The highest BCUT2D eigenvalue weighted by Gasteiger charge is 2.10. The standard InChI is InChI=1S/C16H16N2O5/c1-10-16(14(20)6-7-22-10)23-9-15(21)18-13-5-3-4-12(8-13)17-11(2)19/h3-8H,9H2,1-2H3,(H,17,19)(H,18,21). The van der Waals surface area contributed by atoms with Gasteiger partial charge in [0.2, 0.25) is 17.1 Å². The number of carbonyl (C=O) groups excluding carboxylic acids is 2. The molecule has 23 heavy (non-hydrogen) atoms. The lowest BCUT2D eigenvalue weighted by molar-refractivity contribution is -0.118. The van der Waals surface area contributed by atoms with Gasteiger partial charge in [0.15, 0.2) is 6.61 Å². The van der Waals surface area contributed by atoms with E-state index in [2.05, 4.69) is 10.6 Å². The van der Waals surface area contributed by atoms with E-state index in [1.807, 2.05) is 0 Å². The zero-order valence-electron chi connectivity index (χ0n) is 12.7. The second-order valence-corrected chi connectivity index (χ2v) is 4.77. The average molecular weight is 316 g/mol. The first-order chi connectivity index (χ1) is 11.0. The molecule has 2 N–H and O–H groups in total. The largest absolute Gasteiger partial charge is 0.476 e. The third kappa shape index (κ3) is 4.70. The minimum Gasteiger partial charge on any atom is -0.476 e. The molecule has 7 heteroatoms. The molecule has 0 aliphatic carbocycles. The van der Waals surface area contributed by atoms with E-state index in [1.165, 1.54) is 19.3 Å². The zero-order chi connectivity index (χ0) is 16.8. The summed E-state index contributed by atoms with van der Waals surface area (Å²) in [6.07, 6.45) is 1.26. The first-order valence-electron chi connectivity index (χ1n) is 6.84. The third-order valence-corrected chi connectivity index (χ3v) is 2.82. The predicted molar refractivity (Wildman–Crippen MR) is 84.6 cm³/mol. The highest BCUT2D eigenvalue weighted by Crippen LogP contribution is 2.15. The number of amides is 2. The molecule has 0 atom stereocenters. The minimum absolute atomic E-state index is 0.00893. The first kappa shape index (κ1) is 16.3. The highest BCUT2D eigenvalue weighted by molar-refractivity contribution is 5.94. The Morgan fingerprint density at radius 1 is 1.17 bits per heavy atom. The van der Waals surface area contributed by atoms with Crippen molar-refractivity contribution in [3.63, 3.8) is 0 Å². The maximum atomic E-state index is 11.9. The Balaban J connectivity index is 1.97. The van der Waals surface area contributed by atoms with Gasteiger partial charge in [0.05, 0.1) is 6.26 Å². The quantitative estimate of drug-likeness (QED) is 0.878. The van der Waals surface area contributed by atoms with Gasteiger partial charge in [0.25, 0.3) is 5.91 Å². The Kier molecular flexibility index (Phi) is 5.14. The van der Waals surface area contributed by atoms with Gasteiger partial charge in [-0.2, -0.15) is 0 Å². The molecule has 0 aliphatic rings. The van der Waals surface area contributed by atoms with Crippen molar-refractivity contribution in [2.45, 2.75) is 13.8 Å². The predicted octanol–water partition coefficient (Wildman–Crippen LogP) is 1.92. The maximum absolute atomic E-state index is 11.9. The lowest BCUT2D eigenvalue weighted by Gasteiger charge is -2.09. The van der Waals surface area contributed by atoms with E-state index in [0.29, 0.717) is 17.1 Å². The zero-order valence-corrected chi connectivity index (χ0v) is 12.7. The third-order valence-electron chi connectivity index (χ3n) is 2.82. The Labute approximate surface area is 132 Å². The van der Waals surface area contributed by atoms with Crippen LogP contribution in [0.5, 0.6) is 5.75 Å². The molecule has 0 spiro atoms. The number of rotatable bonds is 5. The van der Waals surface area contributed by atoms with E-state index in [1.54, 1.807) is 31.2 Å². The summed E-state index contributed by atoms with van der Waals surface area (Å²) in [7, 11) is 0. The van der Waals surface area contributed by atoms with Crippen molar-refractivity contribution in [2.24, 2.45) is 0 Å². The lowest BCUT2D eigenvalue weighted by Crippen LogP contribution is -2.22. The van der Waals surface area contributed by atoms with Crippen LogP contribution in [0.25, 0.3) is 0 Å². The number of nitrogens with one attached hydrogen (secondary N) is 2. The minimum atomic E-state index is -0.437. The molecule has 1 heterocycles. The van der Waals surface area contributed by atoms with Crippen LogP contribution in [0.4, 0.5) is 11.4 Å². The number of hydrogen-bond acceptors (Lipinski definition) is 5. The molecule has 0 bridgehead atoms. The average Bonchev–Trinajstić information content (AvgIpc) is 2.46. The number of carbonyl (C=O) groups is 2. The van der Waals surface area contributed by atoms with E-state index in [9.17, 15) is 14.4 Å². The second-order valence-electron chi connectivity index (χ2n) is 4.77. The molecule has 1 aromatic carbocycles. The van der Waals surface area contributed by atoms with Crippen LogP contribution >= 0.6 is 0 Å². The van der Waals surface area contributed by atoms with E-state index < -0.39 is 5.91 Å². The molecule has 0 fully saturated rings. The van der Waals surface area contributed by atoms with Gasteiger partial charge in [0.1, 0.15) is 5.76 Å². The van der Waals surface area contributed by atoms with E-state index in [4.69, 9.17) is 9.15 Å². The summed E-state index contributed by atoms with van der Waals surface area (Å²) in [4.78, 5) is 34.5. The van der Waals surface area contributed by atoms with Gasteiger partial charge in [-0.25, -0.2) is 0 Å². The molecular weight excluding hydrogens is 300 g/mol. The summed E-state index contributed by atoms with van der Waals surface area (Å²) in [6.45, 7) is 2.64. The molecule has 0 aliphatic heterocycles. The number of hydrogen-bond donors (Lipinski definition) is 2. The van der Waals surface area contributed by atoms with Crippen LogP contribution in [0, 0.1) is 6.92 Å². The highest BCUT2D eigenvalue weighted by atomic mass is 16.5. The van der Waals surface area contributed by atoms with Gasteiger partial charge in [-0.05, 0) is 25.1 Å². The van der Waals surface area contributed by atoms with Crippen molar-refractivity contribution >= 4 is 23.2 Å². The van der Waals surface area contributed by atoms with E-state index >= 15 is 0 Å². The number of aryl methyl sites for hydroxylation is 1. The SMILES string of the molecule is CC(=O)Nc1cccc(NC(=O)COc2c(C)occc2=O)c1. The van der Waals surface area contributed by atoms with Gasteiger partial charge >= 0.3 is 0 Å². The van der Waals surface area contributed by atoms with Crippen LogP contribution in [0.1, 0.15) is 12.7 Å². The fraction of sp³-hybridized carbons (Fsp3) is 0.188. The van der Waals surface area contributed by atoms with Crippen molar-refractivity contribution < 1.29 is 18.7 Å². The van der Waals surface area contributed by atoms with Crippen LogP contribution in [-0.4, -0.2) is 18.4 Å². The van der Waals surface area contributed by atoms with Crippen LogP contribution in [-0.2, 0) is 9.59 Å². The van der Waals surface area contributed by atoms with Crippen molar-refractivity contribution in [3.05, 3.63) is 52.6 Å². The number of benzene rings is 1. The van der Waals surface area contributed by atoms with Gasteiger partial charge < -0.3 is 19.8 Å². The molecule has 1 aromatic heterocycles. The lowest BCUT2D eigenvalue weighted by atomic mass is 10.2. The smallest absolute Gasteiger partial charge is 0.262 e. The molecule has 2 aromatic rings. The van der Waals surface area contributed by atoms with Gasteiger partial charge in [-0.1, -0.05) is 6.07 Å². The maximum Gasteiger partial charge on any atom is 0.262 e. The summed E-state index contributed by atoms with van der Waals surface area (Å²) in [5.41, 5.74) is 0.714. The molecule has 2 rings (SSSR count). The van der Waals surface area contributed by atoms with Crippen molar-refractivity contribution in [1.82, 2.24) is 0 Å².